The van der Waals surface area contributed by atoms with Crippen LogP contribution in [-0.2, 0) is 6.54 Å². The zero-order valence-electron chi connectivity index (χ0n) is 9.81. The fourth-order valence-electron chi connectivity index (χ4n) is 1.69. The topological polar surface area (TPSA) is 79.7 Å². The van der Waals surface area contributed by atoms with Crippen LogP contribution in [0, 0.1) is 17.1 Å². The molecule has 1 aromatic heterocycles. The Morgan fingerprint density at radius 1 is 1.56 bits per heavy atom. The van der Waals surface area contributed by atoms with E-state index in [4.69, 9.17) is 11.0 Å². The summed E-state index contributed by atoms with van der Waals surface area (Å²) in [6.07, 6.45) is 0. The van der Waals surface area contributed by atoms with Crippen molar-refractivity contribution in [2.45, 2.75) is 6.54 Å². The Morgan fingerprint density at radius 3 is 2.89 bits per heavy atom. The number of hydrogen-bond donors (Lipinski definition) is 2. The molecule has 18 heavy (non-hydrogen) atoms. The summed E-state index contributed by atoms with van der Waals surface area (Å²) in [4.78, 5) is 0. The first-order valence-corrected chi connectivity index (χ1v) is 5.34. The molecule has 0 radical (unpaired) electrons. The Hall–Kier alpha value is -2.55. The fourth-order valence-corrected chi connectivity index (χ4v) is 1.69. The Labute approximate surface area is 104 Å². The van der Waals surface area contributed by atoms with Crippen molar-refractivity contribution >= 4 is 11.6 Å². The van der Waals surface area contributed by atoms with Crippen molar-refractivity contribution in [2.75, 3.05) is 18.1 Å². The van der Waals surface area contributed by atoms with Crippen LogP contribution in [0.25, 0.3) is 0 Å². The maximum Gasteiger partial charge on any atom is 0.168 e. The van der Waals surface area contributed by atoms with Gasteiger partial charge in [-0.25, -0.2) is 9.07 Å². The molecule has 6 heteroatoms. The number of anilines is 2. The largest absolute Gasteiger partial charge is 0.383 e. The van der Waals surface area contributed by atoms with Crippen molar-refractivity contribution in [3.63, 3.8) is 0 Å². The zero-order valence-corrected chi connectivity index (χ0v) is 9.81. The second kappa shape index (κ2) is 4.75. The lowest BCUT2D eigenvalue weighted by atomic mass is 10.2. The lowest BCUT2D eigenvalue weighted by Crippen LogP contribution is -2.06. The number of benzene rings is 1. The molecule has 5 nitrogen and oxygen atoms in total. The van der Waals surface area contributed by atoms with Gasteiger partial charge >= 0.3 is 0 Å². The molecule has 2 rings (SSSR count). The van der Waals surface area contributed by atoms with Crippen LogP contribution in [0.1, 0.15) is 11.1 Å². The van der Waals surface area contributed by atoms with E-state index in [1.54, 1.807) is 19.2 Å². The first-order valence-electron chi connectivity index (χ1n) is 5.34. The van der Waals surface area contributed by atoms with Crippen LogP contribution >= 0.6 is 0 Å². The van der Waals surface area contributed by atoms with E-state index in [1.165, 1.54) is 16.8 Å². The van der Waals surface area contributed by atoms with Gasteiger partial charge in [0, 0.05) is 7.05 Å². The molecule has 0 spiro atoms. The van der Waals surface area contributed by atoms with E-state index in [9.17, 15) is 4.39 Å². The fraction of sp³-hybridized carbons (Fsp3) is 0.167. The van der Waals surface area contributed by atoms with Crippen molar-refractivity contribution < 1.29 is 4.39 Å². The SMILES string of the molecule is CNc1nn(Cc2cccc(F)c2)c(N)c1C#N. The third-order valence-corrected chi connectivity index (χ3v) is 2.56. The highest BCUT2D eigenvalue weighted by atomic mass is 19.1. The van der Waals surface area contributed by atoms with E-state index in [0.717, 1.165) is 5.56 Å². The van der Waals surface area contributed by atoms with E-state index in [-0.39, 0.29) is 11.6 Å². The summed E-state index contributed by atoms with van der Waals surface area (Å²) in [7, 11) is 1.66. The molecule has 1 aromatic carbocycles. The Bertz CT molecular complexity index is 611. The van der Waals surface area contributed by atoms with Gasteiger partial charge < -0.3 is 11.1 Å². The highest BCUT2D eigenvalue weighted by Gasteiger charge is 2.14. The monoisotopic (exact) mass is 245 g/mol. The minimum absolute atomic E-state index is 0.270. The molecule has 2 aromatic rings. The van der Waals surface area contributed by atoms with Crippen molar-refractivity contribution in [1.82, 2.24) is 9.78 Å². The first kappa shape index (κ1) is 11.9. The second-order valence-corrected chi connectivity index (χ2v) is 3.76. The molecule has 1 heterocycles. The van der Waals surface area contributed by atoms with E-state index < -0.39 is 0 Å². The molecule has 0 aliphatic heterocycles. The van der Waals surface area contributed by atoms with Crippen LogP contribution in [-0.4, -0.2) is 16.8 Å². The van der Waals surface area contributed by atoms with Gasteiger partial charge in [0.1, 0.15) is 23.3 Å². The Morgan fingerprint density at radius 2 is 2.33 bits per heavy atom. The van der Waals surface area contributed by atoms with Crippen molar-refractivity contribution in [3.8, 4) is 6.07 Å². The number of rotatable bonds is 3. The molecular formula is C12H12FN5. The van der Waals surface area contributed by atoms with Gasteiger partial charge in [0.05, 0.1) is 6.54 Å². The second-order valence-electron chi connectivity index (χ2n) is 3.76. The lowest BCUT2D eigenvalue weighted by Gasteiger charge is -2.04. The van der Waals surface area contributed by atoms with E-state index in [1.807, 2.05) is 6.07 Å². The van der Waals surface area contributed by atoms with E-state index >= 15 is 0 Å². The molecule has 0 saturated heterocycles. The number of hydrogen-bond acceptors (Lipinski definition) is 4. The van der Waals surface area contributed by atoms with Gasteiger partial charge in [-0.2, -0.15) is 10.4 Å². The van der Waals surface area contributed by atoms with Crippen molar-refractivity contribution in [2.24, 2.45) is 0 Å². The standard InChI is InChI=1S/C12H12FN5/c1-16-12-10(6-14)11(15)18(17-12)7-8-3-2-4-9(13)5-8/h2-5H,7,15H2,1H3,(H,16,17). The number of nitriles is 1. The van der Waals surface area contributed by atoms with Crippen LogP contribution in [0.4, 0.5) is 16.0 Å². The van der Waals surface area contributed by atoms with Gasteiger partial charge in [0.15, 0.2) is 5.82 Å². The number of halogens is 1. The van der Waals surface area contributed by atoms with Gasteiger partial charge in [-0.1, -0.05) is 12.1 Å². The van der Waals surface area contributed by atoms with Gasteiger partial charge in [-0.15, -0.1) is 0 Å². The van der Waals surface area contributed by atoms with Crippen LogP contribution < -0.4 is 11.1 Å². The third kappa shape index (κ3) is 2.11. The molecule has 0 atom stereocenters. The minimum atomic E-state index is -0.312. The smallest absolute Gasteiger partial charge is 0.168 e. The number of nitrogen functional groups attached to an aromatic ring is 1. The Kier molecular flexibility index (Phi) is 3.15. The third-order valence-electron chi connectivity index (χ3n) is 2.56. The first-order chi connectivity index (χ1) is 8.65. The molecule has 0 aliphatic carbocycles. The summed E-state index contributed by atoms with van der Waals surface area (Å²) in [5, 5.41) is 15.9. The molecule has 3 N–H and O–H groups in total. The van der Waals surface area contributed by atoms with Gasteiger partial charge in [0.2, 0.25) is 0 Å². The quantitative estimate of drug-likeness (QED) is 0.860. The van der Waals surface area contributed by atoms with Gasteiger partial charge in [-0.3, -0.25) is 0 Å². The van der Waals surface area contributed by atoms with Crippen LogP contribution in [0.5, 0.6) is 0 Å². The molecule has 0 bridgehead atoms. The normalized spacial score (nSPS) is 10.1. The summed E-state index contributed by atoms with van der Waals surface area (Å²) in [6.45, 7) is 0.319. The number of nitrogens with zero attached hydrogens (tertiary/aromatic N) is 3. The van der Waals surface area contributed by atoms with Crippen LogP contribution in [0.15, 0.2) is 24.3 Å². The average molecular weight is 245 g/mol. The molecule has 92 valence electrons. The van der Waals surface area contributed by atoms with E-state index in [2.05, 4.69) is 10.4 Å². The highest BCUT2D eigenvalue weighted by molar-refractivity contribution is 5.63. The van der Waals surface area contributed by atoms with Crippen molar-refractivity contribution in [1.29, 1.82) is 5.26 Å². The molecule has 0 aliphatic rings. The molecule has 0 saturated carbocycles. The molecule has 0 unspecified atom stereocenters. The maximum absolute atomic E-state index is 13.1. The molecular weight excluding hydrogens is 233 g/mol. The Balaban J connectivity index is 2.36. The highest BCUT2D eigenvalue weighted by Crippen LogP contribution is 2.21. The lowest BCUT2D eigenvalue weighted by molar-refractivity contribution is 0.620. The number of aromatic nitrogens is 2. The number of nitrogens with one attached hydrogen (secondary N) is 1. The summed E-state index contributed by atoms with van der Waals surface area (Å²) in [6, 6.07) is 8.16. The predicted molar refractivity (Wildman–Crippen MR) is 66.4 cm³/mol. The summed E-state index contributed by atoms with van der Waals surface area (Å²) >= 11 is 0. The molecule has 0 fully saturated rings. The van der Waals surface area contributed by atoms with Crippen LogP contribution in [0.3, 0.4) is 0 Å². The predicted octanol–water partition coefficient (Wildman–Crippen LogP) is 1.57. The zero-order chi connectivity index (χ0) is 13.1. The van der Waals surface area contributed by atoms with Crippen LogP contribution in [0.2, 0.25) is 0 Å². The molecule has 0 amide bonds. The summed E-state index contributed by atoms with van der Waals surface area (Å²) in [5.41, 5.74) is 6.85. The summed E-state index contributed by atoms with van der Waals surface area (Å²) < 4.78 is 14.5. The number of nitrogens with two attached hydrogens (primary N) is 1. The van der Waals surface area contributed by atoms with Gasteiger partial charge in [-0.05, 0) is 17.7 Å². The summed E-state index contributed by atoms with van der Waals surface area (Å²) in [5.74, 6) is 0.380. The van der Waals surface area contributed by atoms with Crippen molar-refractivity contribution in [3.05, 3.63) is 41.2 Å². The average Bonchev–Trinajstić information content (AvgIpc) is 2.66. The van der Waals surface area contributed by atoms with E-state index in [0.29, 0.717) is 17.9 Å². The van der Waals surface area contributed by atoms with Gasteiger partial charge in [0.25, 0.3) is 0 Å². The maximum atomic E-state index is 13.1. The minimum Gasteiger partial charge on any atom is -0.383 e.